The third-order valence-corrected chi connectivity index (χ3v) is 3.56. The van der Waals surface area contributed by atoms with Gasteiger partial charge in [0.2, 0.25) is 0 Å². The molecule has 1 atom stereocenters. The molecule has 0 aliphatic carbocycles. The van der Waals surface area contributed by atoms with Crippen LogP contribution < -0.4 is 0 Å². The molecule has 0 bridgehead atoms. The summed E-state index contributed by atoms with van der Waals surface area (Å²) in [5.74, 6) is -0.667. The molecule has 0 saturated carbocycles. The Bertz CT molecular complexity index is 668. The second-order valence-corrected chi connectivity index (χ2v) is 4.74. The summed E-state index contributed by atoms with van der Waals surface area (Å²) in [5.41, 5.74) is 2.13. The first-order valence-electron chi connectivity index (χ1n) is 6.50. The van der Waals surface area contributed by atoms with Crippen molar-refractivity contribution in [3.63, 3.8) is 0 Å². The summed E-state index contributed by atoms with van der Waals surface area (Å²) < 4.78 is 4.81. The van der Waals surface area contributed by atoms with Crippen LogP contribution in [0.4, 0.5) is 0 Å². The van der Waals surface area contributed by atoms with Gasteiger partial charge in [-0.2, -0.15) is 0 Å². The third kappa shape index (κ3) is 2.37. The topological polar surface area (TPSA) is 88.2 Å². The van der Waals surface area contributed by atoms with Crippen LogP contribution in [-0.2, 0) is 22.5 Å². The molecule has 1 aliphatic rings. The zero-order valence-electron chi connectivity index (χ0n) is 11.4. The molecule has 7 heteroatoms. The number of aromatic nitrogens is 3. The minimum absolute atomic E-state index is 0.229. The van der Waals surface area contributed by atoms with E-state index in [2.05, 4.69) is 15.0 Å². The van der Waals surface area contributed by atoms with Gasteiger partial charge in [-0.15, -0.1) is 0 Å². The van der Waals surface area contributed by atoms with Gasteiger partial charge in [0.05, 0.1) is 31.4 Å². The van der Waals surface area contributed by atoms with E-state index in [1.165, 1.54) is 12.0 Å². The molecule has 108 valence electrons. The molecule has 3 heterocycles. The summed E-state index contributed by atoms with van der Waals surface area (Å²) in [5, 5.41) is 0. The molecule has 0 fully saturated rings. The Kier molecular flexibility index (Phi) is 3.39. The van der Waals surface area contributed by atoms with Crippen molar-refractivity contribution in [3.8, 4) is 0 Å². The minimum atomic E-state index is -0.661. The first-order chi connectivity index (χ1) is 10.2. The molecule has 0 saturated heterocycles. The summed E-state index contributed by atoms with van der Waals surface area (Å²) >= 11 is 0. The fourth-order valence-electron chi connectivity index (χ4n) is 2.46. The predicted molar refractivity (Wildman–Crippen MR) is 72.2 cm³/mol. The maximum Gasteiger partial charge on any atom is 0.329 e. The number of imidazole rings is 1. The van der Waals surface area contributed by atoms with Gasteiger partial charge >= 0.3 is 5.97 Å². The normalized spacial score (nSPS) is 17.2. The van der Waals surface area contributed by atoms with Crippen molar-refractivity contribution in [2.45, 2.75) is 19.0 Å². The number of fused-ring (bicyclic) bond motifs is 1. The van der Waals surface area contributed by atoms with Crippen LogP contribution in [0.3, 0.4) is 0 Å². The Morgan fingerprint density at radius 2 is 2.14 bits per heavy atom. The lowest BCUT2D eigenvalue weighted by Gasteiger charge is -2.33. The second kappa shape index (κ2) is 5.35. The van der Waals surface area contributed by atoms with E-state index in [9.17, 15) is 9.59 Å². The number of hydrogen-bond acceptors (Lipinski definition) is 5. The van der Waals surface area contributed by atoms with E-state index in [0.717, 1.165) is 11.4 Å². The summed E-state index contributed by atoms with van der Waals surface area (Å²) in [6, 6.07) is 2.59. The summed E-state index contributed by atoms with van der Waals surface area (Å²) in [7, 11) is 1.32. The minimum Gasteiger partial charge on any atom is -0.467 e. The molecule has 2 aromatic heterocycles. The number of methoxy groups -OCH3 is 1. The summed E-state index contributed by atoms with van der Waals surface area (Å²) in [4.78, 5) is 37.2. The van der Waals surface area contributed by atoms with Gasteiger partial charge in [-0.25, -0.2) is 9.78 Å². The molecule has 21 heavy (non-hydrogen) atoms. The van der Waals surface area contributed by atoms with E-state index in [1.807, 2.05) is 0 Å². The fourth-order valence-corrected chi connectivity index (χ4v) is 2.46. The van der Waals surface area contributed by atoms with Crippen molar-refractivity contribution in [3.05, 3.63) is 47.8 Å². The van der Waals surface area contributed by atoms with Crippen LogP contribution in [0.2, 0.25) is 0 Å². The van der Waals surface area contributed by atoms with Crippen molar-refractivity contribution < 1.29 is 14.3 Å². The lowest BCUT2D eigenvalue weighted by Crippen LogP contribution is -2.49. The number of H-pyrrole nitrogens is 1. The molecule has 3 rings (SSSR count). The largest absolute Gasteiger partial charge is 0.467 e. The molecule has 1 aliphatic heterocycles. The smallest absolute Gasteiger partial charge is 0.329 e. The Morgan fingerprint density at radius 3 is 2.86 bits per heavy atom. The maximum absolute atomic E-state index is 12.6. The van der Waals surface area contributed by atoms with Gasteiger partial charge < -0.3 is 14.6 Å². The van der Waals surface area contributed by atoms with Crippen molar-refractivity contribution in [1.29, 1.82) is 0 Å². The van der Waals surface area contributed by atoms with Crippen molar-refractivity contribution in [2.24, 2.45) is 0 Å². The number of hydrogen-bond donors (Lipinski definition) is 1. The number of carbonyl (C=O) groups is 2. The summed E-state index contributed by atoms with van der Waals surface area (Å²) in [6.07, 6.45) is 5.01. The molecule has 1 N–H and O–H groups in total. The highest BCUT2D eigenvalue weighted by Gasteiger charge is 2.36. The van der Waals surface area contributed by atoms with Gasteiger partial charge in [0.15, 0.2) is 0 Å². The van der Waals surface area contributed by atoms with E-state index >= 15 is 0 Å². The second-order valence-electron chi connectivity index (χ2n) is 4.74. The number of nitrogens with one attached hydrogen (secondary N) is 1. The van der Waals surface area contributed by atoms with E-state index < -0.39 is 12.0 Å². The average Bonchev–Trinajstić information content (AvgIpc) is 3.00. The van der Waals surface area contributed by atoms with Gasteiger partial charge in [0, 0.05) is 24.4 Å². The Labute approximate surface area is 121 Å². The summed E-state index contributed by atoms with van der Waals surface area (Å²) in [6.45, 7) is 0.302. The Hall–Kier alpha value is -2.70. The first-order valence-corrected chi connectivity index (χ1v) is 6.50. The number of ether oxygens (including phenoxy) is 1. The predicted octanol–water partition coefficient (Wildman–Crippen LogP) is 0.545. The standard InChI is InChI=1S/C14H14N4O3/c1-21-14(20)12-6-10-11(17-8-16-10)7-18(12)13(19)9-2-4-15-5-3-9/h2-5,8,12H,6-7H2,1H3,(H,16,17). The van der Waals surface area contributed by atoms with Gasteiger partial charge in [0.25, 0.3) is 5.91 Å². The average molecular weight is 286 g/mol. The number of nitrogens with zero attached hydrogens (tertiary/aromatic N) is 3. The zero-order valence-corrected chi connectivity index (χ0v) is 11.4. The molecule has 7 nitrogen and oxygen atoms in total. The maximum atomic E-state index is 12.6. The van der Waals surface area contributed by atoms with Gasteiger partial charge in [0.1, 0.15) is 6.04 Å². The fraction of sp³-hybridized carbons (Fsp3) is 0.286. The lowest BCUT2D eigenvalue weighted by atomic mass is 10.0. The van der Waals surface area contributed by atoms with Gasteiger partial charge in [-0.05, 0) is 12.1 Å². The Morgan fingerprint density at radius 1 is 1.38 bits per heavy atom. The van der Waals surface area contributed by atoms with Gasteiger partial charge in [-0.3, -0.25) is 9.78 Å². The third-order valence-electron chi connectivity index (χ3n) is 3.56. The molecular formula is C14H14N4O3. The van der Waals surface area contributed by atoms with Crippen LogP contribution in [-0.4, -0.2) is 44.9 Å². The number of aromatic amines is 1. The molecule has 2 aromatic rings. The zero-order chi connectivity index (χ0) is 14.8. The highest BCUT2D eigenvalue weighted by molar-refractivity contribution is 5.97. The highest BCUT2D eigenvalue weighted by atomic mass is 16.5. The van der Waals surface area contributed by atoms with E-state index in [4.69, 9.17) is 4.74 Å². The number of pyridine rings is 1. The van der Waals surface area contributed by atoms with Crippen LogP contribution >= 0.6 is 0 Å². The molecule has 1 unspecified atom stereocenters. The number of amides is 1. The molecule has 0 aromatic carbocycles. The molecule has 0 radical (unpaired) electrons. The van der Waals surface area contributed by atoms with Crippen LogP contribution in [0.1, 0.15) is 21.7 Å². The lowest BCUT2D eigenvalue weighted by molar-refractivity contribution is -0.146. The number of carbonyl (C=O) groups excluding carboxylic acids is 2. The van der Waals surface area contributed by atoms with Crippen LogP contribution in [0.25, 0.3) is 0 Å². The highest BCUT2D eigenvalue weighted by Crippen LogP contribution is 2.23. The van der Waals surface area contributed by atoms with Crippen LogP contribution in [0.5, 0.6) is 0 Å². The van der Waals surface area contributed by atoms with Gasteiger partial charge in [-0.1, -0.05) is 0 Å². The molecular weight excluding hydrogens is 272 g/mol. The van der Waals surface area contributed by atoms with E-state index in [0.29, 0.717) is 18.5 Å². The van der Waals surface area contributed by atoms with E-state index in [-0.39, 0.29) is 5.91 Å². The van der Waals surface area contributed by atoms with Crippen molar-refractivity contribution >= 4 is 11.9 Å². The first kappa shape index (κ1) is 13.3. The monoisotopic (exact) mass is 286 g/mol. The number of esters is 1. The van der Waals surface area contributed by atoms with Crippen LogP contribution in [0, 0.1) is 0 Å². The molecule has 1 amide bonds. The van der Waals surface area contributed by atoms with Crippen molar-refractivity contribution in [2.75, 3.05) is 7.11 Å². The SMILES string of the molecule is COC(=O)C1Cc2nc[nH]c2CN1C(=O)c1ccncc1. The Balaban J connectivity index is 1.94. The van der Waals surface area contributed by atoms with Crippen molar-refractivity contribution in [1.82, 2.24) is 19.9 Å². The number of rotatable bonds is 2. The van der Waals surface area contributed by atoms with Crippen LogP contribution in [0.15, 0.2) is 30.9 Å². The van der Waals surface area contributed by atoms with E-state index in [1.54, 1.807) is 30.9 Å². The molecule has 0 spiro atoms. The quantitative estimate of drug-likeness (QED) is 0.814.